The summed E-state index contributed by atoms with van der Waals surface area (Å²) in [6.45, 7) is 0.268. The number of benzene rings is 2. The number of methoxy groups -OCH3 is 2. The highest BCUT2D eigenvalue weighted by Crippen LogP contribution is 2.23. The van der Waals surface area contributed by atoms with E-state index in [9.17, 15) is 14.0 Å². The monoisotopic (exact) mass is 345 g/mol. The van der Waals surface area contributed by atoms with Gasteiger partial charge in [-0.3, -0.25) is 9.59 Å². The predicted molar refractivity (Wildman–Crippen MR) is 91.4 cm³/mol. The van der Waals surface area contributed by atoms with Crippen molar-refractivity contribution in [3.63, 3.8) is 0 Å². The van der Waals surface area contributed by atoms with Crippen molar-refractivity contribution in [2.24, 2.45) is 0 Å². The SMILES string of the molecule is COc1ccc(OC)c(CNC(=O)CCC(=O)c2ccc(F)cc2)c1. The summed E-state index contributed by atoms with van der Waals surface area (Å²) >= 11 is 0. The largest absolute Gasteiger partial charge is 0.497 e. The Hall–Kier alpha value is -2.89. The molecule has 5 nitrogen and oxygen atoms in total. The quantitative estimate of drug-likeness (QED) is 0.747. The van der Waals surface area contributed by atoms with Crippen molar-refractivity contribution in [2.45, 2.75) is 19.4 Å². The molecule has 25 heavy (non-hydrogen) atoms. The third kappa shape index (κ3) is 5.31. The molecule has 6 heteroatoms. The standard InChI is InChI=1S/C19H20FNO4/c1-24-16-7-9-18(25-2)14(11-16)12-21-19(23)10-8-17(22)13-3-5-15(20)6-4-13/h3-7,9,11H,8,10,12H2,1-2H3,(H,21,23). The molecule has 0 spiro atoms. The number of carbonyl (C=O) groups excluding carboxylic acids is 2. The molecule has 2 aromatic rings. The van der Waals surface area contributed by atoms with Gasteiger partial charge in [0.2, 0.25) is 5.91 Å². The number of nitrogens with one attached hydrogen (secondary N) is 1. The predicted octanol–water partition coefficient (Wildman–Crippen LogP) is 3.12. The zero-order valence-electron chi connectivity index (χ0n) is 14.2. The van der Waals surface area contributed by atoms with Gasteiger partial charge >= 0.3 is 0 Å². The Kier molecular flexibility index (Phi) is 6.51. The van der Waals surface area contributed by atoms with Crippen molar-refractivity contribution in [1.29, 1.82) is 0 Å². The zero-order valence-corrected chi connectivity index (χ0v) is 14.2. The lowest BCUT2D eigenvalue weighted by atomic mass is 10.1. The van der Waals surface area contributed by atoms with Crippen LogP contribution in [-0.4, -0.2) is 25.9 Å². The van der Waals surface area contributed by atoms with Crippen LogP contribution in [0.2, 0.25) is 0 Å². The highest BCUT2D eigenvalue weighted by atomic mass is 19.1. The van der Waals surface area contributed by atoms with Crippen LogP contribution in [-0.2, 0) is 11.3 Å². The molecule has 1 amide bonds. The van der Waals surface area contributed by atoms with Crippen LogP contribution in [0.4, 0.5) is 4.39 Å². The van der Waals surface area contributed by atoms with E-state index in [0.717, 1.165) is 5.56 Å². The number of amides is 1. The molecule has 0 saturated heterocycles. The fraction of sp³-hybridized carbons (Fsp3) is 0.263. The Bertz CT molecular complexity index is 744. The molecule has 1 N–H and O–H groups in total. The zero-order chi connectivity index (χ0) is 18.2. The fourth-order valence-corrected chi connectivity index (χ4v) is 2.31. The van der Waals surface area contributed by atoms with E-state index in [1.807, 2.05) is 0 Å². The van der Waals surface area contributed by atoms with Gasteiger partial charge < -0.3 is 14.8 Å². The lowest BCUT2D eigenvalue weighted by Crippen LogP contribution is -2.23. The molecule has 0 fully saturated rings. The van der Waals surface area contributed by atoms with Gasteiger partial charge in [-0.05, 0) is 42.5 Å². The number of hydrogen-bond acceptors (Lipinski definition) is 4. The first-order valence-corrected chi connectivity index (χ1v) is 7.80. The minimum atomic E-state index is -0.401. The average molecular weight is 345 g/mol. The van der Waals surface area contributed by atoms with Crippen molar-refractivity contribution >= 4 is 11.7 Å². The Morgan fingerprint density at radius 3 is 2.36 bits per heavy atom. The molecule has 0 bridgehead atoms. The number of hydrogen-bond donors (Lipinski definition) is 1. The molecule has 0 atom stereocenters. The van der Waals surface area contributed by atoms with Gasteiger partial charge in [-0.2, -0.15) is 0 Å². The average Bonchev–Trinajstić information content (AvgIpc) is 2.64. The van der Waals surface area contributed by atoms with E-state index in [0.29, 0.717) is 17.1 Å². The summed E-state index contributed by atoms with van der Waals surface area (Å²) in [5.41, 5.74) is 1.17. The minimum absolute atomic E-state index is 0.0580. The summed E-state index contributed by atoms with van der Waals surface area (Å²) in [4.78, 5) is 23.9. The summed E-state index contributed by atoms with van der Waals surface area (Å²) in [5, 5.41) is 2.75. The maximum Gasteiger partial charge on any atom is 0.220 e. The van der Waals surface area contributed by atoms with Gasteiger partial charge in [0, 0.05) is 30.5 Å². The van der Waals surface area contributed by atoms with E-state index in [1.54, 1.807) is 32.4 Å². The first-order valence-electron chi connectivity index (χ1n) is 7.80. The number of rotatable bonds is 8. The van der Waals surface area contributed by atoms with Gasteiger partial charge in [-0.1, -0.05) is 0 Å². The molecule has 0 aromatic heterocycles. The van der Waals surface area contributed by atoms with Crippen LogP contribution in [0, 0.1) is 5.82 Å². The van der Waals surface area contributed by atoms with Gasteiger partial charge in [0.15, 0.2) is 5.78 Å². The number of ketones is 1. The van der Waals surface area contributed by atoms with E-state index in [1.165, 1.54) is 24.3 Å². The maximum absolute atomic E-state index is 12.8. The molecule has 0 aliphatic carbocycles. The molecule has 2 aromatic carbocycles. The smallest absolute Gasteiger partial charge is 0.220 e. The number of carbonyl (C=O) groups is 2. The molecule has 0 saturated carbocycles. The second kappa shape index (κ2) is 8.82. The van der Waals surface area contributed by atoms with Crippen LogP contribution in [0.15, 0.2) is 42.5 Å². The van der Waals surface area contributed by atoms with Crippen molar-refractivity contribution in [3.8, 4) is 11.5 Å². The third-order valence-electron chi connectivity index (χ3n) is 3.71. The van der Waals surface area contributed by atoms with Gasteiger partial charge in [0.05, 0.1) is 14.2 Å². The lowest BCUT2D eigenvalue weighted by Gasteiger charge is -2.11. The summed E-state index contributed by atoms with van der Waals surface area (Å²) in [6.07, 6.45) is 0.120. The van der Waals surface area contributed by atoms with Crippen molar-refractivity contribution in [3.05, 3.63) is 59.4 Å². The van der Waals surface area contributed by atoms with E-state index in [2.05, 4.69) is 5.32 Å². The number of halogens is 1. The first-order chi connectivity index (χ1) is 12.0. The van der Waals surface area contributed by atoms with Crippen molar-refractivity contribution in [2.75, 3.05) is 14.2 Å². The summed E-state index contributed by atoms with van der Waals surface area (Å²) in [6, 6.07) is 10.6. The van der Waals surface area contributed by atoms with Crippen LogP contribution in [0.25, 0.3) is 0 Å². The molecule has 0 heterocycles. The fourth-order valence-electron chi connectivity index (χ4n) is 2.31. The van der Waals surface area contributed by atoms with Crippen LogP contribution in [0.1, 0.15) is 28.8 Å². The van der Waals surface area contributed by atoms with E-state index in [4.69, 9.17) is 9.47 Å². The summed E-state index contributed by atoms with van der Waals surface area (Å²) in [5.74, 6) is 0.455. The molecule has 132 valence electrons. The van der Waals surface area contributed by atoms with E-state index < -0.39 is 5.82 Å². The van der Waals surface area contributed by atoms with Gasteiger partial charge in [-0.15, -0.1) is 0 Å². The summed E-state index contributed by atoms with van der Waals surface area (Å²) in [7, 11) is 3.11. The van der Waals surface area contributed by atoms with Gasteiger partial charge in [0.1, 0.15) is 17.3 Å². The van der Waals surface area contributed by atoms with Crippen LogP contribution >= 0.6 is 0 Å². The Morgan fingerprint density at radius 1 is 1.00 bits per heavy atom. The number of ether oxygens (including phenoxy) is 2. The molecule has 0 unspecified atom stereocenters. The highest BCUT2D eigenvalue weighted by Gasteiger charge is 2.11. The molecule has 0 aliphatic rings. The Balaban J connectivity index is 1.86. The van der Waals surface area contributed by atoms with Crippen molar-refractivity contribution in [1.82, 2.24) is 5.32 Å². The topological polar surface area (TPSA) is 64.6 Å². The second-order valence-electron chi connectivity index (χ2n) is 5.38. The van der Waals surface area contributed by atoms with Crippen LogP contribution in [0.3, 0.4) is 0 Å². The highest BCUT2D eigenvalue weighted by molar-refractivity contribution is 5.97. The number of Topliss-reactive ketones (excluding diaryl/α,β-unsaturated/α-hetero) is 1. The van der Waals surface area contributed by atoms with Gasteiger partial charge in [0.25, 0.3) is 0 Å². The lowest BCUT2D eigenvalue weighted by molar-refractivity contribution is -0.121. The molecule has 0 radical (unpaired) electrons. The Labute approximate surface area is 145 Å². The van der Waals surface area contributed by atoms with E-state index >= 15 is 0 Å². The summed E-state index contributed by atoms with van der Waals surface area (Å²) < 4.78 is 23.3. The Morgan fingerprint density at radius 2 is 1.72 bits per heavy atom. The minimum Gasteiger partial charge on any atom is -0.497 e. The molecule has 0 aliphatic heterocycles. The second-order valence-corrected chi connectivity index (χ2v) is 5.38. The molecule has 2 rings (SSSR count). The molecular weight excluding hydrogens is 325 g/mol. The van der Waals surface area contributed by atoms with Gasteiger partial charge in [-0.25, -0.2) is 4.39 Å². The normalized spacial score (nSPS) is 10.2. The van der Waals surface area contributed by atoms with Crippen LogP contribution < -0.4 is 14.8 Å². The van der Waals surface area contributed by atoms with Crippen LogP contribution in [0.5, 0.6) is 11.5 Å². The molecular formula is C19H20FNO4. The third-order valence-corrected chi connectivity index (χ3v) is 3.71. The maximum atomic E-state index is 12.8. The van der Waals surface area contributed by atoms with E-state index in [-0.39, 0.29) is 31.1 Å². The van der Waals surface area contributed by atoms with Crippen molar-refractivity contribution < 1.29 is 23.5 Å². The first kappa shape index (κ1) is 18.4.